The van der Waals surface area contributed by atoms with Crippen molar-refractivity contribution in [1.82, 2.24) is 15.6 Å². The van der Waals surface area contributed by atoms with Crippen molar-refractivity contribution in [1.29, 1.82) is 0 Å². The molecule has 0 aliphatic heterocycles. The number of nitrogens with one attached hydrogen (secondary N) is 2. The minimum absolute atomic E-state index is 0. The van der Waals surface area contributed by atoms with Gasteiger partial charge in [-0.25, -0.2) is 9.98 Å². The number of guanidine groups is 1. The fourth-order valence-electron chi connectivity index (χ4n) is 1.99. The summed E-state index contributed by atoms with van der Waals surface area (Å²) in [7, 11) is 0. The Hall–Kier alpha value is -1.75. The van der Waals surface area contributed by atoms with Crippen LogP contribution in [-0.4, -0.2) is 22.4 Å². The first-order chi connectivity index (χ1) is 11.6. The number of hydrogen-bond donors (Lipinski definition) is 2. The highest BCUT2D eigenvalue weighted by Gasteiger charge is 2.05. The first-order valence-electron chi connectivity index (χ1n) is 7.81. The van der Waals surface area contributed by atoms with Gasteiger partial charge in [0.25, 0.3) is 5.69 Å². The van der Waals surface area contributed by atoms with Gasteiger partial charge in [-0.05, 0) is 18.9 Å². The van der Waals surface area contributed by atoms with Crippen LogP contribution in [0.15, 0.2) is 35.5 Å². The van der Waals surface area contributed by atoms with Gasteiger partial charge < -0.3 is 10.6 Å². The van der Waals surface area contributed by atoms with Gasteiger partial charge in [0.1, 0.15) is 5.01 Å². The van der Waals surface area contributed by atoms with Crippen molar-refractivity contribution in [2.24, 2.45) is 4.99 Å². The summed E-state index contributed by atoms with van der Waals surface area (Å²) in [6.07, 6.45) is 2.90. The van der Waals surface area contributed by atoms with Crippen molar-refractivity contribution in [2.45, 2.75) is 33.4 Å². The molecular weight excluding hydrogens is 453 g/mol. The van der Waals surface area contributed by atoms with E-state index in [1.807, 2.05) is 13.1 Å². The summed E-state index contributed by atoms with van der Waals surface area (Å²) in [4.78, 5) is 20.4. The van der Waals surface area contributed by atoms with Gasteiger partial charge in [0.05, 0.1) is 18.0 Å². The lowest BCUT2D eigenvalue weighted by Crippen LogP contribution is -2.36. The molecule has 1 aromatic carbocycles. The lowest BCUT2D eigenvalue weighted by molar-refractivity contribution is -0.384. The fraction of sp³-hybridized carbons (Fsp3) is 0.375. The van der Waals surface area contributed by atoms with Gasteiger partial charge in [0, 0.05) is 29.8 Å². The first kappa shape index (κ1) is 21.3. The molecule has 2 aromatic rings. The molecule has 0 fully saturated rings. The number of benzene rings is 1. The molecule has 7 nitrogen and oxygen atoms in total. The number of non-ortho nitro benzene ring substituents is 1. The Labute approximate surface area is 168 Å². The Bertz CT molecular complexity index is 703. The van der Waals surface area contributed by atoms with E-state index < -0.39 is 4.92 Å². The summed E-state index contributed by atoms with van der Waals surface area (Å²) < 4.78 is 0. The van der Waals surface area contributed by atoms with E-state index in [2.05, 4.69) is 27.5 Å². The second-order valence-corrected chi connectivity index (χ2v) is 6.25. The normalized spacial score (nSPS) is 10.9. The Morgan fingerprint density at radius 3 is 2.56 bits per heavy atom. The molecule has 2 rings (SSSR count). The van der Waals surface area contributed by atoms with Gasteiger partial charge >= 0.3 is 0 Å². The highest BCUT2D eigenvalue weighted by Crippen LogP contribution is 2.13. The topological polar surface area (TPSA) is 92.5 Å². The number of aryl methyl sites for hydroxylation is 1. The summed E-state index contributed by atoms with van der Waals surface area (Å²) in [5.74, 6) is 0.698. The third-order valence-corrected chi connectivity index (χ3v) is 4.41. The number of halogens is 1. The zero-order chi connectivity index (χ0) is 17.4. The van der Waals surface area contributed by atoms with E-state index in [4.69, 9.17) is 0 Å². The molecule has 1 aromatic heterocycles. The Balaban J connectivity index is 0.00000312. The van der Waals surface area contributed by atoms with Crippen molar-refractivity contribution < 1.29 is 4.92 Å². The molecule has 0 amide bonds. The zero-order valence-electron chi connectivity index (χ0n) is 14.2. The average Bonchev–Trinajstić information content (AvgIpc) is 3.06. The van der Waals surface area contributed by atoms with Crippen LogP contribution in [-0.2, 0) is 19.5 Å². The molecule has 0 aliphatic rings. The largest absolute Gasteiger partial charge is 0.357 e. The Morgan fingerprint density at radius 1 is 1.28 bits per heavy atom. The van der Waals surface area contributed by atoms with Crippen LogP contribution in [0.25, 0.3) is 0 Å². The number of nitro groups is 1. The van der Waals surface area contributed by atoms with Gasteiger partial charge in [-0.3, -0.25) is 10.1 Å². The Morgan fingerprint density at radius 2 is 2.00 bits per heavy atom. The smallest absolute Gasteiger partial charge is 0.269 e. The number of aromatic nitrogens is 1. The van der Waals surface area contributed by atoms with E-state index >= 15 is 0 Å². The standard InChI is InChI=1S/C16H21N5O2S.HI/c1-3-14-10-18-15(24-14)11-20-16(17-4-2)19-9-12-5-7-13(8-6-12)21(22)23;/h5-8,10H,3-4,9,11H2,1-2H3,(H2,17,19,20);1H. The van der Waals surface area contributed by atoms with Crippen molar-refractivity contribution in [3.8, 4) is 0 Å². The quantitative estimate of drug-likeness (QED) is 0.210. The number of rotatable bonds is 7. The lowest BCUT2D eigenvalue weighted by Gasteiger charge is -2.10. The minimum Gasteiger partial charge on any atom is -0.357 e. The van der Waals surface area contributed by atoms with E-state index in [0.717, 1.165) is 23.5 Å². The number of nitrogens with zero attached hydrogens (tertiary/aromatic N) is 3. The van der Waals surface area contributed by atoms with Gasteiger partial charge in [0.2, 0.25) is 0 Å². The van der Waals surface area contributed by atoms with Crippen LogP contribution >= 0.6 is 35.3 Å². The van der Waals surface area contributed by atoms with Crippen molar-refractivity contribution in [2.75, 3.05) is 6.54 Å². The molecule has 0 unspecified atom stereocenters. The molecule has 2 N–H and O–H groups in total. The number of thiazole rings is 1. The SMILES string of the molecule is CCNC(=NCc1ccc([N+](=O)[O-])cc1)NCc1ncc(CC)s1.I. The molecule has 1 heterocycles. The maximum absolute atomic E-state index is 10.7. The highest BCUT2D eigenvalue weighted by molar-refractivity contribution is 14.0. The Kier molecular flexibility index (Phi) is 9.35. The van der Waals surface area contributed by atoms with Gasteiger partial charge in [-0.2, -0.15) is 0 Å². The van der Waals surface area contributed by atoms with Crippen LogP contribution in [0.5, 0.6) is 0 Å². The second-order valence-electron chi connectivity index (χ2n) is 5.05. The summed E-state index contributed by atoms with van der Waals surface area (Å²) in [6.45, 7) is 5.94. The van der Waals surface area contributed by atoms with Crippen molar-refractivity contribution >= 4 is 47.0 Å². The molecule has 0 bridgehead atoms. The van der Waals surface area contributed by atoms with Crippen LogP contribution in [0.1, 0.15) is 29.3 Å². The van der Waals surface area contributed by atoms with E-state index in [-0.39, 0.29) is 29.7 Å². The number of hydrogen-bond acceptors (Lipinski definition) is 5. The average molecular weight is 475 g/mol. The third kappa shape index (κ3) is 6.94. The van der Waals surface area contributed by atoms with E-state index in [1.54, 1.807) is 23.5 Å². The highest BCUT2D eigenvalue weighted by atomic mass is 127. The summed E-state index contributed by atoms with van der Waals surface area (Å²) >= 11 is 1.69. The summed E-state index contributed by atoms with van der Waals surface area (Å²) in [6, 6.07) is 6.43. The van der Waals surface area contributed by atoms with Crippen LogP contribution in [0.2, 0.25) is 0 Å². The monoisotopic (exact) mass is 475 g/mol. The molecule has 0 atom stereocenters. The molecule has 0 saturated carbocycles. The molecule has 0 radical (unpaired) electrons. The maximum Gasteiger partial charge on any atom is 0.269 e. The zero-order valence-corrected chi connectivity index (χ0v) is 17.3. The molecule has 9 heteroatoms. The number of aliphatic imine (C=N–C) groups is 1. The molecular formula is C16H22IN5O2S. The minimum atomic E-state index is -0.405. The molecule has 0 aliphatic carbocycles. The third-order valence-electron chi connectivity index (χ3n) is 3.27. The molecule has 0 spiro atoms. The van der Waals surface area contributed by atoms with Crippen LogP contribution in [0, 0.1) is 10.1 Å². The lowest BCUT2D eigenvalue weighted by atomic mass is 10.2. The van der Waals surface area contributed by atoms with Gasteiger partial charge in [-0.1, -0.05) is 19.1 Å². The second kappa shape index (κ2) is 11.0. The first-order valence-corrected chi connectivity index (χ1v) is 8.63. The number of nitro benzene ring substituents is 1. The molecule has 0 saturated heterocycles. The van der Waals surface area contributed by atoms with E-state index in [9.17, 15) is 10.1 Å². The fourth-order valence-corrected chi connectivity index (χ4v) is 2.79. The van der Waals surface area contributed by atoms with E-state index in [0.29, 0.717) is 19.0 Å². The molecule has 25 heavy (non-hydrogen) atoms. The maximum atomic E-state index is 10.7. The van der Waals surface area contributed by atoms with Crippen molar-refractivity contribution in [3.63, 3.8) is 0 Å². The van der Waals surface area contributed by atoms with Crippen LogP contribution in [0.3, 0.4) is 0 Å². The van der Waals surface area contributed by atoms with Crippen LogP contribution < -0.4 is 10.6 Å². The predicted octanol–water partition coefficient (Wildman–Crippen LogP) is 3.49. The summed E-state index contributed by atoms with van der Waals surface area (Å²) in [5.41, 5.74) is 1.00. The predicted molar refractivity (Wildman–Crippen MR) is 112 cm³/mol. The van der Waals surface area contributed by atoms with Crippen molar-refractivity contribution in [3.05, 3.63) is 56.0 Å². The summed E-state index contributed by atoms with van der Waals surface area (Å²) in [5, 5.41) is 18.1. The van der Waals surface area contributed by atoms with E-state index in [1.165, 1.54) is 17.0 Å². The van der Waals surface area contributed by atoms with Gasteiger partial charge in [-0.15, -0.1) is 35.3 Å². The van der Waals surface area contributed by atoms with Gasteiger partial charge in [0.15, 0.2) is 5.96 Å². The van der Waals surface area contributed by atoms with Crippen LogP contribution in [0.4, 0.5) is 5.69 Å². The molecule has 136 valence electrons.